The van der Waals surface area contributed by atoms with Crippen LogP contribution in [0.15, 0.2) is 66.7 Å². The van der Waals surface area contributed by atoms with Crippen LogP contribution in [-0.2, 0) is 13.0 Å². The van der Waals surface area contributed by atoms with Crippen molar-refractivity contribution >= 4 is 41.4 Å². The van der Waals surface area contributed by atoms with Crippen molar-refractivity contribution in [2.24, 2.45) is 0 Å². The van der Waals surface area contributed by atoms with E-state index in [4.69, 9.17) is 9.47 Å². The van der Waals surface area contributed by atoms with Gasteiger partial charge in [-0.2, -0.15) is 0 Å². The predicted octanol–water partition coefficient (Wildman–Crippen LogP) is 6.80. The van der Waals surface area contributed by atoms with Crippen molar-refractivity contribution in [3.05, 3.63) is 77.9 Å². The first kappa shape index (κ1) is 29.5. The van der Waals surface area contributed by atoms with E-state index in [9.17, 15) is 0 Å². The number of benzene rings is 3. The fraction of sp³-hybridized carbons (Fsp3) is 0.333. The van der Waals surface area contributed by atoms with Gasteiger partial charge >= 0.3 is 0 Å². The van der Waals surface area contributed by atoms with E-state index in [1.807, 2.05) is 30.3 Å². The number of methoxy groups -OCH3 is 2. The second-order valence-corrected chi connectivity index (χ2v) is 9.40. The van der Waals surface area contributed by atoms with Gasteiger partial charge in [0.1, 0.15) is 17.2 Å². The first-order valence-corrected chi connectivity index (χ1v) is 12.7. The average Bonchev–Trinajstić information content (AvgIpc) is 2.94. The van der Waals surface area contributed by atoms with Gasteiger partial charge in [-0.15, -0.1) is 35.0 Å². The molecule has 38 heavy (non-hydrogen) atoms. The van der Waals surface area contributed by atoms with Crippen LogP contribution in [0.4, 0.5) is 5.82 Å². The van der Waals surface area contributed by atoms with Crippen molar-refractivity contribution in [3.63, 3.8) is 0 Å². The summed E-state index contributed by atoms with van der Waals surface area (Å²) in [6.45, 7) is 5.33. The van der Waals surface area contributed by atoms with Gasteiger partial charge in [0.15, 0.2) is 5.82 Å². The van der Waals surface area contributed by atoms with Crippen LogP contribution in [-0.4, -0.2) is 48.4 Å². The van der Waals surface area contributed by atoms with Gasteiger partial charge in [0, 0.05) is 42.0 Å². The fourth-order valence-corrected chi connectivity index (χ4v) is 4.90. The second-order valence-electron chi connectivity index (χ2n) is 9.40. The summed E-state index contributed by atoms with van der Waals surface area (Å²) in [7, 11) is 3.36. The molecule has 0 amide bonds. The molecule has 6 nitrogen and oxygen atoms in total. The molecule has 1 saturated heterocycles. The number of aromatic nitrogens is 2. The molecule has 1 N–H and O–H groups in total. The maximum atomic E-state index is 5.53. The van der Waals surface area contributed by atoms with E-state index in [0.717, 1.165) is 78.2 Å². The number of likely N-dealkylation sites (tertiary alicyclic amines) is 1. The van der Waals surface area contributed by atoms with Crippen LogP contribution < -0.4 is 14.8 Å². The highest BCUT2D eigenvalue weighted by atomic mass is 35.5. The molecule has 0 saturated carbocycles. The molecule has 1 aliphatic heterocycles. The minimum atomic E-state index is 0. The summed E-state index contributed by atoms with van der Waals surface area (Å²) in [5, 5.41) is 15.0. The summed E-state index contributed by atoms with van der Waals surface area (Å²) in [5.41, 5.74) is 4.64. The van der Waals surface area contributed by atoms with Crippen molar-refractivity contribution in [1.82, 2.24) is 15.1 Å². The van der Waals surface area contributed by atoms with E-state index in [1.54, 1.807) is 14.2 Å². The molecule has 0 unspecified atom stereocenters. The maximum Gasteiger partial charge on any atom is 0.156 e. The van der Waals surface area contributed by atoms with Gasteiger partial charge in [0.2, 0.25) is 0 Å². The van der Waals surface area contributed by atoms with E-state index in [2.05, 4.69) is 63.7 Å². The number of anilines is 1. The lowest BCUT2D eigenvalue weighted by molar-refractivity contribution is 0.211. The number of hydrogen-bond donors (Lipinski definition) is 1. The van der Waals surface area contributed by atoms with E-state index >= 15 is 0 Å². The summed E-state index contributed by atoms with van der Waals surface area (Å²) in [6, 6.07) is 23.4. The van der Waals surface area contributed by atoms with Crippen molar-refractivity contribution in [2.75, 3.05) is 32.6 Å². The Kier molecular flexibility index (Phi) is 10.6. The molecule has 1 aromatic heterocycles. The fourth-order valence-electron chi connectivity index (χ4n) is 4.90. The van der Waals surface area contributed by atoms with Gasteiger partial charge in [-0.3, -0.25) is 4.90 Å². The van der Waals surface area contributed by atoms with Crippen LogP contribution in [0.3, 0.4) is 0 Å². The molecule has 1 fully saturated rings. The van der Waals surface area contributed by atoms with Crippen LogP contribution >= 0.6 is 24.8 Å². The molecule has 5 rings (SSSR count). The van der Waals surface area contributed by atoms with Crippen LogP contribution in [0.2, 0.25) is 0 Å². The van der Waals surface area contributed by atoms with Crippen LogP contribution in [0.5, 0.6) is 11.5 Å². The van der Waals surface area contributed by atoms with Crippen molar-refractivity contribution in [3.8, 4) is 22.8 Å². The molecule has 3 aromatic carbocycles. The Morgan fingerprint density at radius 1 is 0.789 bits per heavy atom. The number of nitrogens with zero attached hydrogens (tertiary/aromatic N) is 3. The minimum absolute atomic E-state index is 0. The topological polar surface area (TPSA) is 59.5 Å². The van der Waals surface area contributed by atoms with E-state index in [-0.39, 0.29) is 24.8 Å². The number of piperidine rings is 1. The second kappa shape index (κ2) is 13.7. The van der Waals surface area contributed by atoms with Crippen LogP contribution in [0.25, 0.3) is 22.0 Å². The lowest BCUT2D eigenvalue weighted by Gasteiger charge is -2.32. The summed E-state index contributed by atoms with van der Waals surface area (Å²) in [6.07, 6.45) is 3.22. The molecule has 8 heteroatoms. The zero-order chi connectivity index (χ0) is 24.9. The monoisotopic (exact) mass is 554 g/mol. The first-order valence-electron chi connectivity index (χ1n) is 12.7. The van der Waals surface area contributed by atoms with Crippen LogP contribution in [0.1, 0.15) is 30.9 Å². The zero-order valence-electron chi connectivity index (χ0n) is 22.1. The Hall–Kier alpha value is -3.06. The van der Waals surface area contributed by atoms with Crippen molar-refractivity contribution in [2.45, 2.75) is 38.8 Å². The Labute approximate surface area is 237 Å². The van der Waals surface area contributed by atoms with Gasteiger partial charge < -0.3 is 14.8 Å². The van der Waals surface area contributed by atoms with Gasteiger partial charge in [0.05, 0.1) is 14.2 Å². The largest absolute Gasteiger partial charge is 0.497 e. The molecule has 202 valence electrons. The van der Waals surface area contributed by atoms with E-state index < -0.39 is 0 Å². The van der Waals surface area contributed by atoms with Gasteiger partial charge in [-0.05, 0) is 72.9 Å². The van der Waals surface area contributed by atoms with Gasteiger partial charge in [0.25, 0.3) is 0 Å². The highest BCUT2D eigenvalue weighted by Gasteiger charge is 2.21. The quantitative estimate of drug-likeness (QED) is 0.258. The summed E-state index contributed by atoms with van der Waals surface area (Å²) < 4.78 is 10.8. The normalized spacial score (nSPS) is 13.9. The predicted molar refractivity (Wildman–Crippen MR) is 160 cm³/mol. The van der Waals surface area contributed by atoms with Crippen molar-refractivity contribution < 1.29 is 9.47 Å². The smallest absolute Gasteiger partial charge is 0.156 e. The molecule has 0 atom stereocenters. The Morgan fingerprint density at radius 2 is 1.42 bits per heavy atom. The SMILES string of the molecule is CCc1ccc(CN2CCC(Nc3nnc(-c4ccc(OC)cc4)c4ccc(OC)cc34)CC2)cc1.Cl.Cl. The Morgan fingerprint density at radius 3 is 2.05 bits per heavy atom. The Bertz CT molecular complexity index is 1310. The summed E-state index contributed by atoms with van der Waals surface area (Å²) in [4.78, 5) is 2.54. The van der Waals surface area contributed by atoms with Crippen molar-refractivity contribution in [1.29, 1.82) is 0 Å². The number of aryl methyl sites for hydroxylation is 1. The molecule has 0 radical (unpaired) electrons. The highest BCUT2D eigenvalue weighted by molar-refractivity contribution is 6.00. The molecule has 1 aliphatic rings. The van der Waals surface area contributed by atoms with Gasteiger partial charge in [-0.25, -0.2) is 0 Å². The molecule has 0 spiro atoms. The molecule has 0 aliphatic carbocycles. The summed E-state index contributed by atoms with van der Waals surface area (Å²) in [5.74, 6) is 2.44. The number of fused-ring (bicyclic) bond motifs is 1. The molecular weight excluding hydrogens is 519 g/mol. The van der Waals surface area contributed by atoms with Crippen LogP contribution in [0, 0.1) is 0 Å². The third-order valence-electron chi connectivity index (χ3n) is 7.12. The first-order chi connectivity index (χ1) is 17.7. The lowest BCUT2D eigenvalue weighted by atomic mass is 10.0. The third kappa shape index (κ3) is 6.68. The molecule has 2 heterocycles. The highest BCUT2D eigenvalue weighted by Crippen LogP contribution is 2.34. The maximum absolute atomic E-state index is 5.53. The lowest BCUT2D eigenvalue weighted by Crippen LogP contribution is -2.38. The number of rotatable bonds is 8. The third-order valence-corrected chi connectivity index (χ3v) is 7.12. The summed E-state index contributed by atoms with van der Waals surface area (Å²) >= 11 is 0. The molecule has 4 aromatic rings. The van der Waals surface area contributed by atoms with E-state index in [1.165, 1.54) is 11.1 Å². The standard InChI is InChI=1S/C30H34N4O2.2ClH/c1-4-21-5-7-22(8-6-21)20-34-17-15-24(16-18-34)31-30-28-19-26(36-3)13-14-27(28)29(32-33-30)23-9-11-25(35-2)12-10-23;;/h5-14,19,24H,4,15-18,20H2,1-3H3,(H,31,33);2*1H. The minimum Gasteiger partial charge on any atom is -0.497 e. The Balaban J connectivity index is 0.00000200. The number of hydrogen-bond acceptors (Lipinski definition) is 6. The molecule has 0 bridgehead atoms. The average molecular weight is 556 g/mol. The van der Waals surface area contributed by atoms with E-state index in [0.29, 0.717) is 6.04 Å². The number of ether oxygens (including phenoxy) is 2. The zero-order valence-corrected chi connectivity index (χ0v) is 23.8. The molecular formula is C30H36Cl2N4O2. The number of halogens is 2. The van der Waals surface area contributed by atoms with Gasteiger partial charge in [-0.1, -0.05) is 31.2 Å². The number of nitrogens with one attached hydrogen (secondary N) is 1.